The van der Waals surface area contributed by atoms with Gasteiger partial charge in [-0.25, -0.2) is 0 Å². The van der Waals surface area contributed by atoms with E-state index in [0.717, 1.165) is 17.6 Å². The second kappa shape index (κ2) is 6.06. The van der Waals surface area contributed by atoms with Crippen molar-refractivity contribution in [3.05, 3.63) is 28.8 Å². The first-order valence-electron chi connectivity index (χ1n) is 8.42. The van der Waals surface area contributed by atoms with E-state index in [9.17, 15) is 4.79 Å². The van der Waals surface area contributed by atoms with Gasteiger partial charge in [0.15, 0.2) is 0 Å². The molecule has 1 aliphatic carbocycles. The summed E-state index contributed by atoms with van der Waals surface area (Å²) < 4.78 is 6.02. The van der Waals surface area contributed by atoms with E-state index in [2.05, 4.69) is 53.7 Å². The molecule has 0 spiro atoms. The van der Waals surface area contributed by atoms with Gasteiger partial charge in [-0.15, -0.1) is 0 Å². The van der Waals surface area contributed by atoms with E-state index in [-0.39, 0.29) is 10.8 Å². The van der Waals surface area contributed by atoms with E-state index >= 15 is 0 Å². The summed E-state index contributed by atoms with van der Waals surface area (Å²) in [7, 11) is 0. The van der Waals surface area contributed by atoms with Crippen LogP contribution in [0, 0.1) is 5.92 Å². The average molecular weight is 302 g/mol. The fourth-order valence-electron chi connectivity index (χ4n) is 3.28. The molecule has 1 aliphatic rings. The molecule has 1 aromatic carbocycles. The number of ether oxygens (including phenoxy) is 1. The van der Waals surface area contributed by atoms with Gasteiger partial charge in [0.05, 0.1) is 6.61 Å². The van der Waals surface area contributed by atoms with E-state index < -0.39 is 0 Å². The van der Waals surface area contributed by atoms with Crippen molar-refractivity contribution >= 4 is 6.29 Å². The average Bonchev–Trinajstić information content (AvgIpc) is 2.42. The van der Waals surface area contributed by atoms with Crippen LogP contribution in [0.15, 0.2) is 12.1 Å². The second-order valence-corrected chi connectivity index (χ2v) is 8.35. The Balaban J connectivity index is 2.54. The van der Waals surface area contributed by atoms with Crippen molar-refractivity contribution in [2.24, 2.45) is 5.92 Å². The molecular weight excluding hydrogens is 272 g/mol. The molecule has 0 amide bonds. The Morgan fingerprint density at radius 1 is 1.09 bits per heavy atom. The summed E-state index contributed by atoms with van der Waals surface area (Å²) in [6.45, 7) is 14.2. The normalized spacial score (nSPS) is 18.9. The molecule has 22 heavy (non-hydrogen) atoms. The van der Waals surface area contributed by atoms with Crippen molar-refractivity contribution in [3.8, 4) is 5.75 Å². The smallest absolute Gasteiger partial charge is 0.124 e. The first-order valence-corrected chi connectivity index (χ1v) is 8.42. The van der Waals surface area contributed by atoms with Crippen LogP contribution in [0.4, 0.5) is 0 Å². The molecule has 0 atom stereocenters. The minimum atomic E-state index is 0.166. The maximum absolute atomic E-state index is 11.1. The summed E-state index contributed by atoms with van der Waals surface area (Å²) >= 11 is 0. The zero-order chi connectivity index (χ0) is 16.5. The molecule has 0 aliphatic heterocycles. The van der Waals surface area contributed by atoms with E-state index in [1.54, 1.807) is 0 Å². The molecule has 0 heterocycles. The third-order valence-electron chi connectivity index (χ3n) is 4.91. The molecule has 0 unspecified atom stereocenters. The fraction of sp³-hybridized carbons (Fsp3) is 0.650. The van der Waals surface area contributed by atoms with Gasteiger partial charge < -0.3 is 9.53 Å². The number of rotatable bonds is 5. The van der Waals surface area contributed by atoms with Crippen LogP contribution in [0.2, 0.25) is 0 Å². The number of benzene rings is 1. The van der Waals surface area contributed by atoms with Crippen molar-refractivity contribution in [2.45, 2.75) is 71.6 Å². The van der Waals surface area contributed by atoms with E-state index in [1.807, 2.05) is 0 Å². The molecule has 122 valence electrons. The number of hydrogen-bond acceptors (Lipinski definition) is 2. The van der Waals surface area contributed by atoms with Gasteiger partial charge in [0.25, 0.3) is 0 Å². The van der Waals surface area contributed by atoms with Gasteiger partial charge >= 0.3 is 0 Å². The summed E-state index contributed by atoms with van der Waals surface area (Å²) in [6, 6.07) is 4.43. The van der Waals surface area contributed by atoms with Gasteiger partial charge in [0, 0.05) is 12.0 Å². The van der Waals surface area contributed by atoms with Crippen LogP contribution in [0.3, 0.4) is 0 Å². The number of hydrogen-bond donors (Lipinski definition) is 0. The zero-order valence-corrected chi connectivity index (χ0v) is 15.0. The van der Waals surface area contributed by atoms with Crippen molar-refractivity contribution in [1.82, 2.24) is 0 Å². The lowest BCUT2D eigenvalue weighted by Gasteiger charge is -2.42. The summed E-state index contributed by atoms with van der Waals surface area (Å²) in [6.07, 6.45) is 3.77. The third-order valence-corrected chi connectivity index (χ3v) is 4.91. The summed E-state index contributed by atoms with van der Waals surface area (Å²) in [5.41, 5.74) is 4.13. The lowest BCUT2D eigenvalue weighted by atomic mass is 9.63. The predicted molar refractivity (Wildman–Crippen MR) is 91.8 cm³/mol. The highest BCUT2D eigenvalue weighted by atomic mass is 16.5. The van der Waals surface area contributed by atoms with Crippen LogP contribution in [0.1, 0.15) is 71.1 Å². The Morgan fingerprint density at radius 2 is 1.64 bits per heavy atom. The van der Waals surface area contributed by atoms with Crippen LogP contribution in [0.5, 0.6) is 5.75 Å². The van der Waals surface area contributed by atoms with Crippen molar-refractivity contribution in [1.29, 1.82) is 0 Å². The van der Waals surface area contributed by atoms with Crippen LogP contribution < -0.4 is 4.74 Å². The van der Waals surface area contributed by atoms with Crippen molar-refractivity contribution < 1.29 is 9.53 Å². The van der Waals surface area contributed by atoms with Crippen molar-refractivity contribution in [2.75, 3.05) is 6.61 Å². The molecule has 0 aromatic heterocycles. The molecule has 0 saturated carbocycles. The minimum absolute atomic E-state index is 0.166. The minimum Gasteiger partial charge on any atom is -0.493 e. The zero-order valence-electron chi connectivity index (χ0n) is 15.0. The summed E-state index contributed by atoms with van der Waals surface area (Å²) in [5.74, 6) is 1.37. The van der Waals surface area contributed by atoms with E-state index in [1.165, 1.54) is 24.0 Å². The first-order chi connectivity index (χ1) is 10.2. The fourth-order valence-corrected chi connectivity index (χ4v) is 3.28. The number of fused-ring (bicyclic) bond motifs is 1. The van der Waals surface area contributed by atoms with E-state index in [4.69, 9.17) is 4.74 Å². The monoisotopic (exact) mass is 302 g/mol. The van der Waals surface area contributed by atoms with Gasteiger partial charge in [-0.05, 0) is 46.8 Å². The molecule has 0 saturated heterocycles. The quantitative estimate of drug-likeness (QED) is 0.729. The maximum Gasteiger partial charge on any atom is 0.124 e. The Morgan fingerprint density at radius 3 is 2.14 bits per heavy atom. The lowest BCUT2D eigenvalue weighted by Crippen LogP contribution is -2.34. The highest BCUT2D eigenvalue weighted by Crippen LogP contribution is 2.47. The van der Waals surface area contributed by atoms with Crippen molar-refractivity contribution in [3.63, 3.8) is 0 Å². The van der Waals surface area contributed by atoms with Gasteiger partial charge in [-0.2, -0.15) is 0 Å². The SMILES string of the molecule is CC(C)COc1cc2c(cc1CC=O)C(C)(C)CCC2(C)C. The number of aldehydes is 1. The maximum atomic E-state index is 11.1. The lowest BCUT2D eigenvalue weighted by molar-refractivity contribution is -0.107. The van der Waals surface area contributed by atoms with Gasteiger partial charge in [0.1, 0.15) is 12.0 Å². The van der Waals surface area contributed by atoms with Crippen LogP contribution in [0.25, 0.3) is 0 Å². The Hall–Kier alpha value is -1.31. The molecule has 0 radical (unpaired) electrons. The molecule has 0 N–H and O–H groups in total. The van der Waals surface area contributed by atoms with Gasteiger partial charge in [0.2, 0.25) is 0 Å². The Kier molecular flexibility index (Phi) is 4.70. The molecule has 2 nitrogen and oxygen atoms in total. The summed E-state index contributed by atoms with van der Waals surface area (Å²) in [5, 5.41) is 0. The predicted octanol–water partition coefficient (Wildman–Crippen LogP) is 4.81. The Bertz CT molecular complexity index is 553. The van der Waals surface area contributed by atoms with E-state index in [0.29, 0.717) is 18.9 Å². The Labute approximate surface area is 135 Å². The van der Waals surface area contributed by atoms with Crippen LogP contribution in [-0.2, 0) is 22.0 Å². The molecule has 2 heteroatoms. The first kappa shape index (κ1) is 17.1. The highest BCUT2D eigenvalue weighted by molar-refractivity contribution is 5.60. The van der Waals surface area contributed by atoms with Crippen LogP contribution in [-0.4, -0.2) is 12.9 Å². The standard InChI is InChI=1S/C20H30O2/c1-14(2)13-22-18-12-17-16(11-15(18)7-10-21)19(3,4)8-9-20(17,5)6/h10-12,14H,7-9,13H2,1-6H3. The highest BCUT2D eigenvalue weighted by Gasteiger charge is 2.37. The number of carbonyl (C=O) groups is 1. The topological polar surface area (TPSA) is 26.3 Å². The van der Waals surface area contributed by atoms with Gasteiger partial charge in [-0.1, -0.05) is 47.6 Å². The molecule has 0 fully saturated rings. The summed E-state index contributed by atoms with van der Waals surface area (Å²) in [4.78, 5) is 11.1. The molecule has 2 rings (SSSR count). The molecule has 0 bridgehead atoms. The largest absolute Gasteiger partial charge is 0.493 e. The molecular formula is C20H30O2. The second-order valence-electron chi connectivity index (χ2n) is 8.35. The number of carbonyl (C=O) groups excluding carboxylic acids is 1. The van der Waals surface area contributed by atoms with Gasteiger partial charge in [-0.3, -0.25) is 0 Å². The third kappa shape index (κ3) is 3.37. The van der Waals surface area contributed by atoms with Crippen LogP contribution >= 0.6 is 0 Å². The molecule has 1 aromatic rings.